The molecule has 0 radical (unpaired) electrons. The molecule has 7 nitrogen and oxygen atoms in total. The first-order valence-electron chi connectivity index (χ1n) is 8.59. The normalized spacial score (nSPS) is 12.0. The Kier molecular flexibility index (Phi) is 5.28. The van der Waals surface area contributed by atoms with Crippen molar-refractivity contribution in [3.63, 3.8) is 0 Å². The molecule has 144 valence electrons. The van der Waals surface area contributed by atoms with Gasteiger partial charge >= 0.3 is 5.97 Å². The Labute approximate surface area is 167 Å². The second-order valence-electron chi connectivity index (χ2n) is 6.28. The van der Waals surface area contributed by atoms with Crippen molar-refractivity contribution in [2.75, 3.05) is 7.11 Å². The Morgan fingerprint density at radius 2 is 1.79 bits per heavy atom. The van der Waals surface area contributed by atoms with E-state index in [0.29, 0.717) is 11.1 Å². The van der Waals surface area contributed by atoms with Gasteiger partial charge in [-0.05, 0) is 34.9 Å². The van der Waals surface area contributed by atoms with Crippen LogP contribution in [0.25, 0.3) is 11.1 Å². The molecular formula is C22H17N3O4. The summed E-state index contributed by atoms with van der Waals surface area (Å²) in [4.78, 5) is 37.9. The molecule has 3 rings (SSSR count). The van der Waals surface area contributed by atoms with E-state index in [1.165, 1.54) is 12.0 Å². The lowest BCUT2D eigenvalue weighted by atomic mass is 9.96. The molecule has 0 unspecified atom stereocenters. The highest BCUT2D eigenvalue weighted by Gasteiger charge is 2.33. The molecule has 1 aliphatic heterocycles. The Balaban J connectivity index is 1.86. The Hall–Kier alpha value is -4.18. The lowest BCUT2D eigenvalue weighted by Crippen LogP contribution is -2.36. The average Bonchev–Trinajstić information content (AvgIpc) is 3.09. The maximum Gasteiger partial charge on any atom is 0.353 e. The number of nitrogens with one attached hydrogen (secondary N) is 1. The maximum atomic E-state index is 12.8. The number of amides is 2. The van der Waals surface area contributed by atoms with Crippen LogP contribution < -0.4 is 5.32 Å². The van der Waals surface area contributed by atoms with Crippen LogP contribution in [0.4, 0.5) is 0 Å². The Morgan fingerprint density at radius 3 is 2.41 bits per heavy atom. The highest BCUT2D eigenvalue weighted by atomic mass is 16.5. The molecule has 2 amide bonds. The monoisotopic (exact) mass is 387 g/mol. The van der Waals surface area contributed by atoms with E-state index in [1.54, 1.807) is 24.3 Å². The van der Waals surface area contributed by atoms with E-state index >= 15 is 0 Å². The Bertz CT molecular complexity index is 1090. The van der Waals surface area contributed by atoms with Crippen molar-refractivity contribution < 1.29 is 19.1 Å². The van der Waals surface area contributed by atoms with Gasteiger partial charge in [0.2, 0.25) is 0 Å². The highest BCUT2D eigenvalue weighted by molar-refractivity contribution is 6.07. The zero-order chi connectivity index (χ0) is 21.1. The van der Waals surface area contributed by atoms with Gasteiger partial charge in [0.05, 0.1) is 25.3 Å². The van der Waals surface area contributed by atoms with Crippen LogP contribution in [0.3, 0.4) is 0 Å². The number of hydrogen-bond donors (Lipinski definition) is 1. The van der Waals surface area contributed by atoms with Gasteiger partial charge in [-0.1, -0.05) is 37.4 Å². The lowest BCUT2D eigenvalue weighted by molar-refractivity contribution is -0.137. The number of hydrogen-bond acceptors (Lipinski definition) is 5. The number of benzene rings is 2. The van der Waals surface area contributed by atoms with Crippen molar-refractivity contribution in [3.8, 4) is 17.2 Å². The zero-order valence-electron chi connectivity index (χ0n) is 15.7. The minimum atomic E-state index is -0.787. The number of nitriles is 1. The second-order valence-corrected chi connectivity index (χ2v) is 6.28. The van der Waals surface area contributed by atoms with Crippen molar-refractivity contribution in [2.45, 2.75) is 6.54 Å². The van der Waals surface area contributed by atoms with E-state index in [4.69, 9.17) is 5.26 Å². The predicted octanol–water partition coefficient (Wildman–Crippen LogP) is 2.50. The number of fused-ring (bicyclic) bond motifs is 1. The third-order valence-corrected chi connectivity index (χ3v) is 4.58. The van der Waals surface area contributed by atoms with Gasteiger partial charge in [-0.25, -0.2) is 4.79 Å². The number of rotatable bonds is 5. The fraction of sp³-hybridized carbons (Fsp3) is 0.0909. The number of nitrogens with zero attached hydrogens (tertiary/aromatic N) is 2. The number of carbonyl (C=O) groups excluding carboxylic acids is 3. The molecule has 2 aromatic carbocycles. The van der Waals surface area contributed by atoms with Crippen molar-refractivity contribution in [1.29, 1.82) is 5.26 Å². The molecule has 0 atom stereocenters. The van der Waals surface area contributed by atoms with E-state index in [-0.39, 0.29) is 23.8 Å². The van der Waals surface area contributed by atoms with Crippen LogP contribution in [0, 0.1) is 11.3 Å². The zero-order valence-corrected chi connectivity index (χ0v) is 15.7. The molecule has 0 aliphatic carbocycles. The van der Waals surface area contributed by atoms with E-state index in [9.17, 15) is 14.4 Å². The molecule has 1 N–H and O–H groups in total. The first kappa shape index (κ1) is 19.6. The van der Waals surface area contributed by atoms with Crippen LogP contribution >= 0.6 is 0 Å². The first-order valence-corrected chi connectivity index (χ1v) is 8.59. The van der Waals surface area contributed by atoms with Crippen LogP contribution in [0.5, 0.6) is 0 Å². The van der Waals surface area contributed by atoms with E-state index < -0.39 is 11.9 Å². The number of methoxy groups -OCH3 is 1. The molecule has 0 aromatic heterocycles. The van der Waals surface area contributed by atoms with Gasteiger partial charge in [-0.2, -0.15) is 5.26 Å². The van der Waals surface area contributed by atoms with Gasteiger partial charge < -0.3 is 10.1 Å². The molecule has 2 aromatic rings. The van der Waals surface area contributed by atoms with Gasteiger partial charge in [0.1, 0.15) is 11.4 Å². The van der Waals surface area contributed by atoms with Crippen LogP contribution in [0.15, 0.2) is 67.0 Å². The van der Waals surface area contributed by atoms with E-state index in [2.05, 4.69) is 29.3 Å². The van der Waals surface area contributed by atoms with E-state index in [1.807, 2.05) is 18.2 Å². The molecule has 7 heteroatoms. The summed E-state index contributed by atoms with van der Waals surface area (Å²) >= 11 is 0. The van der Waals surface area contributed by atoms with Crippen molar-refractivity contribution >= 4 is 17.8 Å². The minimum Gasteiger partial charge on any atom is -0.464 e. The fourth-order valence-corrected chi connectivity index (χ4v) is 3.05. The fourth-order valence-electron chi connectivity index (χ4n) is 3.05. The smallest absolute Gasteiger partial charge is 0.353 e. The summed E-state index contributed by atoms with van der Waals surface area (Å²) in [5, 5.41) is 11.2. The predicted molar refractivity (Wildman–Crippen MR) is 105 cm³/mol. The molecule has 29 heavy (non-hydrogen) atoms. The summed E-state index contributed by atoms with van der Waals surface area (Å²) in [5.74, 6) is -1.87. The summed E-state index contributed by atoms with van der Waals surface area (Å²) in [5.41, 5.74) is 3.08. The number of carbonyl (C=O) groups is 3. The number of esters is 1. The van der Waals surface area contributed by atoms with Crippen LogP contribution in [0.1, 0.15) is 21.5 Å². The standard InChI is InChI=1S/C22H17N3O4/c1-13(22(28)29-3)24-20(26)14(2)25-12-19-17(5-4-6-18(19)21(25)27)16-9-7-15(11-23)8-10-16/h4-10H,1-2,12H2,3H3,(H,24,26). The number of ether oxygens (including phenoxy) is 1. The molecule has 0 saturated carbocycles. The topological polar surface area (TPSA) is 99.5 Å². The molecule has 0 saturated heterocycles. The maximum absolute atomic E-state index is 12.8. The van der Waals surface area contributed by atoms with Gasteiger partial charge in [0.25, 0.3) is 11.8 Å². The van der Waals surface area contributed by atoms with Gasteiger partial charge in [-0.15, -0.1) is 0 Å². The summed E-state index contributed by atoms with van der Waals surface area (Å²) in [7, 11) is 1.17. The molecule has 0 fully saturated rings. The molecule has 0 spiro atoms. The van der Waals surface area contributed by atoms with Crippen molar-refractivity contribution in [1.82, 2.24) is 10.2 Å². The molecule has 1 aliphatic rings. The summed E-state index contributed by atoms with van der Waals surface area (Å²) < 4.78 is 4.49. The summed E-state index contributed by atoms with van der Waals surface area (Å²) in [6.07, 6.45) is 0. The van der Waals surface area contributed by atoms with Crippen LogP contribution in [0.2, 0.25) is 0 Å². The quantitative estimate of drug-likeness (QED) is 0.628. The summed E-state index contributed by atoms with van der Waals surface area (Å²) in [6.45, 7) is 7.28. The van der Waals surface area contributed by atoms with Gasteiger partial charge in [-0.3, -0.25) is 14.5 Å². The average molecular weight is 387 g/mol. The molecular weight excluding hydrogens is 370 g/mol. The van der Waals surface area contributed by atoms with Crippen molar-refractivity contribution in [2.24, 2.45) is 0 Å². The second kappa shape index (κ2) is 7.82. The first-order chi connectivity index (χ1) is 13.9. The van der Waals surface area contributed by atoms with Crippen molar-refractivity contribution in [3.05, 3.63) is 83.7 Å². The largest absolute Gasteiger partial charge is 0.464 e. The SMILES string of the molecule is C=C(NC(=O)C(=C)N1Cc2c(cccc2-c2ccc(C#N)cc2)C1=O)C(=O)OC. The molecule has 0 bridgehead atoms. The third-order valence-electron chi connectivity index (χ3n) is 4.58. The highest BCUT2D eigenvalue weighted by Crippen LogP contribution is 2.34. The van der Waals surface area contributed by atoms with E-state index in [0.717, 1.165) is 16.7 Å². The lowest BCUT2D eigenvalue weighted by Gasteiger charge is -2.18. The third kappa shape index (κ3) is 3.64. The van der Waals surface area contributed by atoms with Gasteiger partial charge in [0.15, 0.2) is 0 Å². The van der Waals surface area contributed by atoms with Gasteiger partial charge in [0, 0.05) is 5.56 Å². The van der Waals surface area contributed by atoms with Crippen LogP contribution in [-0.4, -0.2) is 29.8 Å². The molecule has 1 heterocycles. The van der Waals surface area contributed by atoms with Crippen LogP contribution in [-0.2, 0) is 20.9 Å². The Morgan fingerprint density at radius 1 is 1.14 bits per heavy atom. The summed E-state index contributed by atoms with van der Waals surface area (Å²) in [6, 6.07) is 14.4. The minimum absolute atomic E-state index is 0.109.